The first-order valence-corrected chi connectivity index (χ1v) is 7.78. The van der Waals surface area contributed by atoms with Gasteiger partial charge in [0.15, 0.2) is 0 Å². The van der Waals surface area contributed by atoms with Crippen LogP contribution in [0.1, 0.15) is 19.8 Å². The third kappa shape index (κ3) is 4.38. The maximum Gasteiger partial charge on any atom is 0.409 e. The first-order chi connectivity index (χ1) is 9.78. The second-order valence-corrected chi connectivity index (χ2v) is 5.84. The number of likely N-dealkylation sites (tertiary alicyclic amines) is 2. The molecule has 0 saturated carbocycles. The molecule has 2 atom stereocenters. The van der Waals surface area contributed by atoms with E-state index in [0.29, 0.717) is 24.8 Å². The number of morpholine rings is 1. The number of nitrogens with zero attached hydrogens (tertiary/aromatic N) is 2. The predicted octanol–water partition coefficient (Wildman–Crippen LogP) is 1.12. The van der Waals surface area contributed by atoms with Gasteiger partial charge in [0.2, 0.25) is 0 Å². The Morgan fingerprint density at radius 2 is 2.00 bits per heavy atom. The third-order valence-corrected chi connectivity index (χ3v) is 4.64. The summed E-state index contributed by atoms with van der Waals surface area (Å²) in [5.74, 6) is 0. The van der Waals surface area contributed by atoms with Crippen LogP contribution in [0, 0.1) is 0 Å². The smallest absolute Gasteiger partial charge is 0.409 e. The lowest BCUT2D eigenvalue weighted by molar-refractivity contribution is 0.0147. The van der Waals surface area contributed by atoms with Gasteiger partial charge in [-0.05, 0) is 19.8 Å². The van der Waals surface area contributed by atoms with Gasteiger partial charge in [0.05, 0.1) is 19.3 Å². The topological polar surface area (TPSA) is 54.0 Å². The SMILES string of the molecule is CCOC(=O)N1CCC(N2C[C@@H]3NCCO[C@H]3C2)CC1.Cl.Cl. The average Bonchev–Trinajstić information content (AvgIpc) is 2.91. The van der Waals surface area contributed by atoms with Gasteiger partial charge in [0.1, 0.15) is 0 Å². The monoisotopic (exact) mass is 355 g/mol. The van der Waals surface area contributed by atoms with E-state index in [0.717, 1.165) is 52.2 Å². The largest absolute Gasteiger partial charge is 0.450 e. The van der Waals surface area contributed by atoms with Gasteiger partial charge in [-0.1, -0.05) is 0 Å². The fourth-order valence-electron chi connectivity index (χ4n) is 3.55. The first kappa shape index (κ1) is 19.8. The molecule has 0 aromatic rings. The van der Waals surface area contributed by atoms with Crippen LogP contribution in [0.25, 0.3) is 0 Å². The summed E-state index contributed by atoms with van der Waals surface area (Å²) in [6.45, 7) is 7.83. The fourth-order valence-corrected chi connectivity index (χ4v) is 3.55. The maximum absolute atomic E-state index is 11.7. The number of nitrogens with one attached hydrogen (secondary N) is 1. The number of hydrogen-bond donors (Lipinski definition) is 1. The fraction of sp³-hybridized carbons (Fsp3) is 0.929. The van der Waals surface area contributed by atoms with Crippen molar-refractivity contribution in [3.05, 3.63) is 0 Å². The van der Waals surface area contributed by atoms with Crippen LogP contribution >= 0.6 is 24.8 Å². The highest BCUT2D eigenvalue weighted by molar-refractivity contribution is 5.85. The molecule has 0 aromatic heterocycles. The van der Waals surface area contributed by atoms with Crippen LogP contribution in [0.4, 0.5) is 4.79 Å². The van der Waals surface area contributed by atoms with E-state index in [2.05, 4.69) is 10.2 Å². The van der Waals surface area contributed by atoms with E-state index < -0.39 is 0 Å². The number of carbonyl (C=O) groups excluding carboxylic acids is 1. The van der Waals surface area contributed by atoms with Gasteiger partial charge in [-0.15, -0.1) is 24.8 Å². The van der Waals surface area contributed by atoms with Crippen molar-refractivity contribution >= 4 is 30.9 Å². The van der Waals surface area contributed by atoms with E-state index in [4.69, 9.17) is 9.47 Å². The van der Waals surface area contributed by atoms with Gasteiger partial charge in [-0.3, -0.25) is 4.90 Å². The number of rotatable bonds is 2. The predicted molar refractivity (Wildman–Crippen MR) is 89.2 cm³/mol. The standard InChI is InChI=1S/C14H25N3O3.2ClH/c1-2-19-14(18)16-6-3-11(4-7-16)17-9-12-13(10-17)20-8-5-15-12;;/h11-13,15H,2-10H2,1H3;2*1H/t12-,13-;;/m0../s1. The van der Waals surface area contributed by atoms with Gasteiger partial charge in [-0.25, -0.2) is 4.79 Å². The van der Waals surface area contributed by atoms with Crippen molar-refractivity contribution in [2.75, 3.05) is 45.9 Å². The van der Waals surface area contributed by atoms with Crippen molar-refractivity contribution in [2.45, 2.75) is 38.0 Å². The number of piperidine rings is 1. The van der Waals surface area contributed by atoms with Crippen molar-refractivity contribution < 1.29 is 14.3 Å². The summed E-state index contributed by atoms with van der Waals surface area (Å²) in [6.07, 6.45) is 2.27. The highest BCUT2D eigenvalue weighted by atomic mass is 35.5. The van der Waals surface area contributed by atoms with Crippen LogP contribution in [0.2, 0.25) is 0 Å². The van der Waals surface area contributed by atoms with Crippen molar-refractivity contribution in [3.63, 3.8) is 0 Å². The van der Waals surface area contributed by atoms with Gasteiger partial charge >= 0.3 is 6.09 Å². The number of halogens is 2. The lowest BCUT2D eigenvalue weighted by Crippen LogP contribution is -2.48. The van der Waals surface area contributed by atoms with Crippen molar-refractivity contribution in [1.82, 2.24) is 15.1 Å². The van der Waals surface area contributed by atoms with Crippen LogP contribution in [-0.2, 0) is 9.47 Å². The van der Waals surface area contributed by atoms with Crippen molar-refractivity contribution in [3.8, 4) is 0 Å². The molecule has 0 bridgehead atoms. The Bertz CT molecular complexity index is 340. The second-order valence-electron chi connectivity index (χ2n) is 5.84. The zero-order chi connectivity index (χ0) is 13.9. The molecule has 1 amide bonds. The molecule has 0 spiro atoms. The molecule has 3 fully saturated rings. The molecule has 0 aliphatic carbocycles. The van der Waals surface area contributed by atoms with E-state index in [1.165, 1.54) is 0 Å². The van der Waals surface area contributed by atoms with Gasteiger partial charge in [0, 0.05) is 44.8 Å². The summed E-state index contributed by atoms with van der Waals surface area (Å²) in [5.41, 5.74) is 0. The number of fused-ring (bicyclic) bond motifs is 1. The van der Waals surface area contributed by atoms with Crippen LogP contribution in [0.5, 0.6) is 0 Å². The Morgan fingerprint density at radius 3 is 2.64 bits per heavy atom. The number of ether oxygens (including phenoxy) is 2. The normalized spacial score (nSPS) is 29.2. The summed E-state index contributed by atoms with van der Waals surface area (Å²) in [7, 11) is 0. The Kier molecular flexibility index (Phi) is 8.21. The zero-order valence-corrected chi connectivity index (χ0v) is 14.7. The lowest BCUT2D eigenvalue weighted by Gasteiger charge is -2.36. The molecule has 8 heteroatoms. The summed E-state index contributed by atoms with van der Waals surface area (Å²) >= 11 is 0. The van der Waals surface area contributed by atoms with Gasteiger partial charge < -0.3 is 19.7 Å². The quantitative estimate of drug-likeness (QED) is 0.804. The minimum absolute atomic E-state index is 0. The molecule has 3 aliphatic heterocycles. The molecule has 0 radical (unpaired) electrons. The van der Waals surface area contributed by atoms with Crippen molar-refractivity contribution in [1.29, 1.82) is 0 Å². The molecule has 0 aromatic carbocycles. The number of hydrogen-bond acceptors (Lipinski definition) is 5. The van der Waals surface area contributed by atoms with Crippen LogP contribution in [0.15, 0.2) is 0 Å². The van der Waals surface area contributed by atoms with Crippen molar-refractivity contribution in [2.24, 2.45) is 0 Å². The molecule has 3 aliphatic rings. The molecule has 3 rings (SSSR count). The van der Waals surface area contributed by atoms with E-state index in [1.54, 1.807) is 0 Å². The molecule has 6 nitrogen and oxygen atoms in total. The Morgan fingerprint density at radius 1 is 1.27 bits per heavy atom. The maximum atomic E-state index is 11.7. The van der Waals surface area contributed by atoms with Crippen LogP contribution < -0.4 is 5.32 Å². The summed E-state index contributed by atoms with van der Waals surface area (Å²) in [4.78, 5) is 16.1. The van der Waals surface area contributed by atoms with E-state index in [1.807, 2.05) is 11.8 Å². The summed E-state index contributed by atoms with van der Waals surface area (Å²) < 4.78 is 10.9. The number of amides is 1. The van der Waals surface area contributed by atoms with Gasteiger partial charge in [-0.2, -0.15) is 0 Å². The molecule has 3 heterocycles. The first-order valence-electron chi connectivity index (χ1n) is 7.78. The van der Waals surface area contributed by atoms with Crippen LogP contribution in [-0.4, -0.2) is 80.0 Å². The van der Waals surface area contributed by atoms with E-state index >= 15 is 0 Å². The molecular weight excluding hydrogens is 329 g/mol. The second kappa shape index (κ2) is 9.13. The number of carbonyl (C=O) groups is 1. The highest BCUT2D eigenvalue weighted by Gasteiger charge is 2.39. The zero-order valence-electron chi connectivity index (χ0n) is 13.0. The van der Waals surface area contributed by atoms with Crippen LogP contribution in [0.3, 0.4) is 0 Å². The molecule has 22 heavy (non-hydrogen) atoms. The van der Waals surface area contributed by atoms with Gasteiger partial charge in [0.25, 0.3) is 0 Å². The molecule has 0 unspecified atom stereocenters. The minimum Gasteiger partial charge on any atom is -0.450 e. The molecule has 1 N–H and O–H groups in total. The molecule has 3 saturated heterocycles. The summed E-state index contributed by atoms with van der Waals surface area (Å²) in [5, 5.41) is 3.54. The van der Waals surface area contributed by atoms with E-state index in [9.17, 15) is 4.79 Å². The molecule has 130 valence electrons. The minimum atomic E-state index is -0.161. The third-order valence-electron chi connectivity index (χ3n) is 4.64. The Labute approximate surface area is 144 Å². The average molecular weight is 356 g/mol. The molecular formula is C14H27Cl2N3O3. The highest BCUT2D eigenvalue weighted by Crippen LogP contribution is 2.24. The lowest BCUT2D eigenvalue weighted by atomic mass is 10.0. The summed E-state index contributed by atoms with van der Waals surface area (Å²) in [6, 6.07) is 1.07. The Balaban J connectivity index is 0.00000121. The Hall–Kier alpha value is -0.270. The van der Waals surface area contributed by atoms with E-state index in [-0.39, 0.29) is 30.9 Å².